The number of nitrogens with one attached hydrogen (secondary N) is 1. The van der Waals surface area contributed by atoms with Crippen LogP contribution in [0.25, 0.3) is 0 Å². The Morgan fingerprint density at radius 3 is 2.76 bits per heavy atom. The zero-order valence-electron chi connectivity index (χ0n) is 9.59. The minimum atomic E-state index is 0.145. The highest BCUT2D eigenvalue weighted by atomic mass is 79.9. The van der Waals surface area contributed by atoms with Crippen LogP contribution in [0.15, 0.2) is 27.3 Å². The van der Waals surface area contributed by atoms with Crippen LogP contribution >= 0.6 is 38.9 Å². The van der Waals surface area contributed by atoms with E-state index >= 15 is 0 Å². The summed E-state index contributed by atoms with van der Waals surface area (Å²) in [7, 11) is 0. The van der Waals surface area contributed by atoms with Crippen LogP contribution in [-0.4, -0.2) is 6.54 Å². The summed E-state index contributed by atoms with van der Waals surface area (Å²) >= 11 is 11.1. The smallest absolute Gasteiger partial charge is 0.107 e. The van der Waals surface area contributed by atoms with E-state index in [1.54, 1.807) is 17.6 Å². The van der Waals surface area contributed by atoms with Crippen LogP contribution in [0.1, 0.15) is 29.2 Å². The number of thiophene rings is 1. The zero-order chi connectivity index (χ0) is 12.4. The van der Waals surface area contributed by atoms with Crippen molar-refractivity contribution in [3.63, 3.8) is 0 Å². The summed E-state index contributed by atoms with van der Waals surface area (Å²) in [4.78, 5) is 1.18. The van der Waals surface area contributed by atoms with Gasteiger partial charge in [0.1, 0.15) is 10.1 Å². The standard InChI is InChI=1S/C12H13BrClNOS/c1-3-15-11(8-4-7(2)16-6-8)10-5-9(13)12(14)17-10/h4-6,11,15H,3H2,1-2H3. The van der Waals surface area contributed by atoms with Crippen molar-refractivity contribution < 1.29 is 4.42 Å². The molecule has 0 aliphatic rings. The first-order valence-electron chi connectivity index (χ1n) is 5.35. The summed E-state index contributed by atoms with van der Waals surface area (Å²) in [5.74, 6) is 0.921. The Kier molecular flexibility index (Phi) is 4.31. The highest BCUT2D eigenvalue weighted by Crippen LogP contribution is 2.37. The Bertz CT molecular complexity index is 489. The summed E-state index contributed by atoms with van der Waals surface area (Å²) in [6.07, 6.45) is 1.80. The molecule has 0 amide bonds. The number of hydrogen-bond donors (Lipinski definition) is 1. The number of halogens is 2. The van der Waals surface area contributed by atoms with E-state index in [0.717, 1.165) is 26.7 Å². The molecule has 0 saturated carbocycles. The van der Waals surface area contributed by atoms with Gasteiger partial charge in [-0.1, -0.05) is 18.5 Å². The van der Waals surface area contributed by atoms with Crippen molar-refractivity contribution in [3.8, 4) is 0 Å². The molecular weight excluding hydrogens is 322 g/mol. The van der Waals surface area contributed by atoms with Crippen LogP contribution in [0.2, 0.25) is 4.34 Å². The molecule has 0 aliphatic carbocycles. The topological polar surface area (TPSA) is 25.2 Å². The van der Waals surface area contributed by atoms with E-state index in [9.17, 15) is 0 Å². The summed E-state index contributed by atoms with van der Waals surface area (Å²) in [6, 6.07) is 4.25. The molecule has 0 bridgehead atoms. The second-order valence-electron chi connectivity index (χ2n) is 3.75. The van der Waals surface area contributed by atoms with Crippen LogP contribution in [-0.2, 0) is 0 Å². The predicted molar refractivity (Wildman–Crippen MR) is 76.0 cm³/mol. The van der Waals surface area contributed by atoms with Gasteiger partial charge in [0.25, 0.3) is 0 Å². The molecule has 0 fully saturated rings. The minimum Gasteiger partial charge on any atom is -0.469 e. The molecule has 0 saturated heterocycles. The first-order chi connectivity index (χ1) is 8.11. The highest BCUT2D eigenvalue weighted by molar-refractivity contribution is 9.10. The van der Waals surface area contributed by atoms with Crippen molar-refractivity contribution in [1.82, 2.24) is 5.32 Å². The average molecular weight is 335 g/mol. The minimum absolute atomic E-state index is 0.145. The lowest BCUT2D eigenvalue weighted by atomic mass is 10.1. The Balaban J connectivity index is 2.34. The summed E-state index contributed by atoms with van der Waals surface area (Å²) in [5, 5.41) is 3.44. The quantitative estimate of drug-likeness (QED) is 0.871. The second-order valence-corrected chi connectivity index (χ2v) is 6.29. The van der Waals surface area contributed by atoms with Gasteiger partial charge in [0.05, 0.1) is 12.3 Å². The van der Waals surface area contributed by atoms with Crippen LogP contribution in [0.3, 0.4) is 0 Å². The van der Waals surface area contributed by atoms with Gasteiger partial charge in [-0.15, -0.1) is 11.3 Å². The highest BCUT2D eigenvalue weighted by Gasteiger charge is 2.18. The monoisotopic (exact) mass is 333 g/mol. The van der Waals surface area contributed by atoms with E-state index in [1.807, 2.05) is 6.92 Å². The Hall–Kier alpha value is -0.290. The maximum atomic E-state index is 6.09. The van der Waals surface area contributed by atoms with E-state index in [4.69, 9.17) is 16.0 Å². The summed E-state index contributed by atoms with van der Waals surface area (Å²) in [5.41, 5.74) is 1.13. The normalized spacial score (nSPS) is 12.9. The third-order valence-electron chi connectivity index (χ3n) is 2.44. The first kappa shape index (κ1) is 13.1. The molecule has 1 N–H and O–H groups in total. The SMILES string of the molecule is CCNC(c1coc(C)c1)c1cc(Br)c(Cl)s1. The van der Waals surface area contributed by atoms with E-state index < -0.39 is 0 Å². The zero-order valence-corrected chi connectivity index (χ0v) is 12.7. The average Bonchev–Trinajstić information content (AvgIpc) is 2.83. The Morgan fingerprint density at radius 2 is 2.29 bits per heavy atom. The van der Waals surface area contributed by atoms with Crippen LogP contribution in [0.5, 0.6) is 0 Å². The number of furan rings is 1. The van der Waals surface area contributed by atoms with Gasteiger partial charge in [0.2, 0.25) is 0 Å². The molecule has 2 aromatic heterocycles. The van der Waals surface area contributed by atoms with Gasteiger partial charge in [0, 0.05) is 14.9 Å². The van der Waals surface area contributed by atoms with E-state index in [1.165, 1.54) is 4.88 Å². The molecule has 1 unspecified atom stereocenters. The Morgan fingerprint density at radius 1 is 1.53 bits per heavy atom. The van der Waals surface area contributed by atoms with Crippen LogP contribution in [0, 0.1) is 6.92 Å². The number of hydrogen-bond acceptors (Lipinski definition) is 3. The van der Waals surface area contributed by atoms with Crippen molar-refractivity contribution in [2.45, 2.75) is 19.9 Å². The van der Waals surface area contributed by atoms with Gasteiger partial charge >= 0.3 is 0 Å². The molecule has 2 nitrogen and oxygen atoms in total. The van der Waals surface area contributed by atoms with Gasteiger partial charge in [-0.3, -0.25) is 0 Å². The fourth-order valence-corrected chi connectivity index (χ4v) is 3.55. The van der Waals surface area contributed by atoms with Gasteiger partial charge in [-0.05, 0) is 41.5 Å². The lowest BCUT2D eigenvalue weighted by Gasteiger charge is -2.14. The van der Waals surface area contributed by atoms with Gasteiger partial charge < -0.3 is 9.73 Å². The summed E-state index contributed by atoms with van der Waals surface area (Å²) < 4.78 is 7.10. The molecule has 92 valence electrons. The third-order valence-corrected chi connectivity index (χ3v) is 4.98. The summed E-state index contributed by atoms with van der Waals surface area (Å²) in [6.45, 7) is 4.93. The largest absolute Gasteiger partial charge is 0.469 e. The Labute approximate surface area is 118 Å². The molecule has 0 radical (unpaired) electrons. The van der Waals surface area contributed by atoms with E-state index in [-0.39, 0.29) is 6.04 Å². The predicted octanol–water partition coefficient (Wildman–Crippen LogP) is 4.76. The molecule has 17 heavy (non-hydrogen) atoms. The molecule has 2 rings (SSSR count). The molecule has 0 aromatic carbocycles. The van der Waals surface area contributed by atoms with Gasteiger partial charge in [-0.2, -0.15) is 0 Å². The molecule has 2 heterocycles. The van der Waals surface area contributed by atoms with Crippen LogP contribution < -0.4 is 5.32 Å². The fourth-order valence-electron chi connectivity index (χ4n) is 1.71. The van der Waals surface area contributed by atoms with E-state index in [2.05, 4.69) is 40.3 Å². The number of rotatable bonds is 4. The van der Waals surface area contributed by atoms with Crippen molar-refractivity contribution >= 4 is 38.9 Å². The molecular formula is C12H13BrClNOS. The molecule has 0 aliphatic heterocycles. The lowest BCUT2D eigenvalue weighted by Crippen LogP contribution is -2.20. The second kappa shape index (κ2) is 5.57. The maximum Gasteiger partial charge on any atom is 0.107 e. The van der Waals surface area contributed by atoms with Crippen LogP contribution in [0.4, 0.5) is 0 Å². The fraction of sp³-hybridized carbons (Fsp3) is 0.333. The van der Waals surface area contributed by atoms with Gasteiger partial charge in [-0.25, -0.2) is 0 Å². The third kappa shape index (κ3) is 2.94. The maximum absolute atomic E-state index is 6.09. The van der Waals surface area contributed by atoms with Crippen molar-refractivity contribution in [2.24, 2.45) is 0 Å². The van der Waals surface area contributed by atoms with Crippen molar-refractivity contribution in [3.05, 3.63) is 43.4 Å². The van der Waals surface area contributed by atoms with Crippen molar-refractivity contribution in [2.75, 3.05) is 6.54 Å². The molecule has 1 atom stereocenters. The van der Waals surface area contributed by atoms with Crippen molar-refractivity contribution in [1.29, 1.82) is 0 Å². The van der Waals surface area contributed by atoms with Gasteiger partial charge in [0.15, 0.2) is 0 Å². The lowest BCUT2D eigenvalue weighted by molar-refractivity contribution is 0.526. The molecule has 0 spiro atoms. The number of aryl methyl sites for hydroxylation is 1. The van der Waals surface area contributed by atoms with E-state index in [0.29, 0.717) is 0 Å². The first-order valence-corrected chi connectivity index (χ1v) is 7.33. The molecule has 5 heteroatoms. The molecule has 2 aromatic rings.